The highest BCUT2D eigenvalue weighted by molar-refractivity contribution is 6.35. The van der Waals surface area contributed by atoms with Gasteiger partial charge in [-0.25, -0.2) is 5.43 Å². The van der Waals surface area contributed by atoms with Gasteiger partial charge in [-0.2, -0.15) is 5.10 Å². The third-order valence-corrected chi connectivity index (χ3v) is 2.86. The summed E-state index contributed by atoms with van der Waals surface area (Å²) < 4.78 is 5.03. The number of ether oxygens (including phenoxy) is 1. The highest BCUT2D eigenvalue weighted by atomic mass is 16.5. The van der Waals surface area contributed by atoms with Gasteiger partial charge in [0.05, 0.1) is 25.6 Å². The van der Waals surface area contributed by atoms with E-state index in [4.69, 9.17) is 4.74 Å². The first kappa shape index (κ1) is 16.2. The number of amides is 2. The van der Waals surface area contributed by atoms with E-state index in [9.17, 15) is 9.59 Å². The van der Waals surface area contributed by atoms with E-state index in [0.717, 1.165) is 11.3 Å². The topological polar surface area (TPSA) is 92.7 Å². The summed E-state index contributed by atoms with van der Waals surface area (Å²) in [6.07, 6.45) is 3.05. The molecular formula is C16H16N4O3. The van der Waals surface area contributed by atoms with Crippen LogP contribution in [0.1, 0.15) is 11.3 Å². The highest BCUT2D eigenvalue weighted by Crippen LogP contribution is 2.09. The predicted molar refractivity (Wildman–Crippen MR) is 84.8 cm³/mol. The molecule has 2 amide bonds. The van der Waals surface area contributed by atoms with Gasteiger partial charge in [0.2, 0.25) is 0 Å². The van der Waals surface area contributed by atoms with Crippen LogP contribution < -0.4 is 15.5 Å². The number of hydrogen-bond acceptors (Lipinski definition) is 5. The molecule has 2 rings (SSSR count). The minimum absolute atomic E-state index is 0.176. The number of nitrogens with zero attached hydrogens (tertiary/aromatic N) is 2. The molecule has 118 valence electrons. The number of hydrogen-bond donors (Lipinski definition) is 2. The van der Waals surface area contributed by atoms with Crippen molar-refractivity contribution in [3.63, 3.8) is 0 Å². The van der Waals surface area contributed by atoms with Gasteiger partial charge >= 0.3 is 11.8 Å². The quantitative estimate of drug-likeness (QED) is 0.486. The summed E-state index contributed by atoms with van der Waals surface area (Å²) >= 11 is 0. The van der Waals surface area contributed by atoms with Crippen molar-refractivity contribution in [3.8, 4) is 5.75 Å². The van der Waals surface area contributed by atoms with Crippen LogP contribution in [-0.4, -0.2) is 30.1 Å². The molecule has 0 aliphatic rings. The van der Waals surface area contributed by atoms with Crippen molar-refractivity contribution in [2.75, 3.05) is 7.11 Å². The summed E-state index contributed by atoms with van der Waals surface area (Å²) in [6.45, 7) is 0.176. The standard InChI is InChI=1S/C16H16N4O3/c1-23-14-7-5-12(6-8-14)10-19-20-16(22)15(21)18-11-13-4-2-3-9-17-13/h2-10H,11H2,1H3,(H,18,21)(H,20,22)/b19-10+. The Morgan fingerprint density at radius 1 is 1.17 bits per heavy atom. The molecule has 23 heavy (non-hydrogen) atoms. The summed E-state index contributed by atoms with van der Waals surface area (Å²) in [5.41, 5.74) is 3.59. The Kier molecular flexibility index (Phi) is 5.81. The summed E-state index contributed by atoms with van der Waals surface area (Å²) in [7, 11) is 1.58. The summed E-state index contributed by atoms with van der Waals surface area (Å²) in [6, 6.07) is 12.4. The molecule has 0 bridgehead atoms. The third kappa shape index (κ3) is 5.24. The Labute approximate surface area is 133 Å². The maximum atomic E-state index is 11.6. The zero-order valence-corrected chi connectivity index (χ0v) is 12.5. The summed E-state index contributed by atoms with van der Waals surface area (Å²) in [5, 5.41) is 6.19. The van der Waals surface area contributed by atoms with Crippen molar-refractivity contribution in [3.05, 3.63) is 59.9 Å². The van der Waals surface area contributed by atoms with Gasteiger partial charge in [0.15, 0.2) is 0 Å². The number of aromatic nitrogens is 1. The lowest BCUT2D eigenvalue weighted by Gasteiger charge is -2.03. The molecule has 1 aromatic carbocycles. The largest absolute Gasteiger partial charge is 0.497 e. The third-order valence-electron chi connectivity index (χ3n) is 2.86. The fourth-order valence-electron chi connectivity index (χ4n) is 1.66. The fourth-order valence-corrected chi connectivity index (χ4v) is 1.66. The second-order valence-corrected chi connectivity index (χ2v) is 4.48. The van der Waals surface area contributed by atoms with Crippen LogP contribution in [0.5, 0.6) is 5.75 Å². The number of pyridine rings is 1. The van der Waals surface area contributed by atoms with E-state index in [1.807, 2.05) is 0 Å². The Morgan fingerprint density at radius 3 is 2.61 bits per heavy atom. The Bertz CT molecular complexity index is 684. The van der Waals surface area contributed by atoms with E-state index in [1.54, 1.807) is 55.8 Å². The lowest BCUT2D eigenvalue weighted by molar-refractivity contribution is -0.139. The lowest BCUT2D eigenvalue weighted by atomic mass is 10.2. The van der Waals surface area contributed by atoms with E-state index in [0.29, 0.717) is 5.69 Å². The minimum atomic E-state index is -0.842. The average molecular weight is 312 g/mol. The molecule has 0 saturated carbocycles. The van der Waals surface area contributed by atoms with Crippen LogP contribution in [0.15, 0.2) is 53.8 Å². The normalized spacial score (nSPS) is 10.3. The van der Waals surface area contributed by atoms with E-state index in [1.165, 1.54) is 6.21 Å². The van der Waals surface area contributed by atoms with E-state index >= 15 is 0 Å². The monoisotopic (exact) mass is 312 g/mol. The molecule has 1 heterocycles. The summed E-state index contributed by atoms with van der Waals surface area (Å²) in [5.74, 6) is -0.895. The van der Waals surface area contributed by atoms with Crippen LogP contribution in [0.4, 0.5) is 0 Å². The maximum absolute atomic E-state index is 11.6. The van der Waals surface area contributed by atoms with Crippen molar-refractivity contribution in [2.24, 2.45) is 5.10 Å². The Hall–Kier alpha value is -3.22. The van der Waals surface area contributed by atoms with Crippen molar-refractivity contribution in [1.29, 1.82) is 0 Å². The molecule has 0 saturated heterocycles. The predicted octanol–water partition coefficient (Wildman–Crippen LogP) is 0.857. The van der Waals surface area contributed by atoms with Crippen LogP contribution >= 0.6 is 0 Å². The number of carbonyl (C=O) groups is 2. The molecule has 7 nitrogen and oxygen atoms in total. The smallest absolute Gasteiger partial charge is 0.329 e. The van der Waals surface area contributed by atoms with Crippen LogP contribution in [0, 0.1) is 0 Å². The zero-order valence-electron chi connectivity index (χ0n) is 12.5. The van der Waals surface area contributed by atoms with Gasteiger partial charge in [0, 0.05) is 6.20 Å². The molecule has 0 radical (unpaired) electrons. The number of carbonyl (C=O) groups excluding carboxylic acids is 2. The van der Waals surface area contributed by atoms with E-state index < -0.39 is 11.8 Å². The first-order chi connectivity index (χ1) is 11.2. The van der Waals surface area contributed by atoms with E-state index in [2.05, 4.69) is 20.8 Å². The van der Waals surface area contributed by atoms with Crippen molar-refractivity contribution in [2.45, 2.75) is 6.54 Å². The molecule has 0 fully saturated rings. The number of nitrogens with one attached hydrogen (secondary N) is 2. The number of benzene rings is 1. The van der Waals surface area contributed by atoms with Gasteiger partial charge in [-0.05, 0) is 42.0 Å². The maximum Gasteiger partial charge on any atom is 0.329 e. The molecule has 0 spiro atoms. The molecule has 2 aromatic rings. The van der Waals surface area contributed by atoms with Crippen LogP contribution in [0.25, 0.3) is 0 Å². The number of methoxy groups -OCH3 is 1. The van der Waals surface area contributed by atoms with Crippen molar-refractivity contribution in [1.82, 2.24) is 15.7 Å². The first-order valence-electron chi connectivity index (χ1n) is 6.84. The van der Waals surface area contributed by atoms with E-state index in [-0.39, 0.29) is 6.54 Å². The molecule has 0 unspecified atom stereocenters. The second kappa shape index (κ2) is 8.28. The van der Waals surface area contributed by atoms with Gasteiger partial charge in [-0.1, -0.05) is 6.07 Å². The SMILES string of the molecule is COc1ccc(/C=N/NC(=O)C(=O)NCc2ccccn2)cc1. The molecule has 1 aromatic heterocycles. The summed E-state index contributed by atoms with van der Waals surface area (Å²) in [4.78, 5) is 27.2. The Balaban J connectivity index is 1.79. The second-order valence-electron chi connectivity index (χ2n) is 4.48. The number of rotatable bonds is 5. The van der Waals surface area contributed by atoms with Gasteiger partial charge in [-0.15, -0.1) is 0 Å². The Morgan fingerprint density at radius 2 is 1.96 bits per heavy atom. The number of hydrazone groups is 1. The first-order valence-corrected chi connectivity index (χ1v) is 6.84. The molecule has 0 aliphatic carbocycles. The van der Waals surface area contributed by atoms with Crippen molar-refractivity contribution < 1.29 is 14.3 Å². The molecule has 0 aliphatic heterocycles. The van der Waals surface area contributed by atoms with Crippen LogP contribution in [0.3, 0.4) is 0 Å². The average Bonchev–Trinajstić information content (AvgIpc) is 2.61. The lowest BCUT2D eigenvalue weighted by Crippen LogP contribution is -2.37. The van der Waals surface area contributed by atoms with Gasteiger partial charge in [0.1, 0.15) is 5.75 Å². The molecule has 7 heteroatoms. The minimum Gasteiger partial charge on any atom is -0.497 e. The van der Waals surface area contributed by atoms with Crippen LogP contribution in [-0.2, 0) is 16.1 Å². The van der Waals surface area contributed by atoms with Gasteiger partial charge < -0.3 is 10.1 Å². The van der Waals surface area contributed by atoms with Gasteiger partial charge in [0.25, 0.3) is 0 Å². The van der Waals surface area contributed by atoms with Crippen molar-refractivity contribution >= 4 is 18.0 Å². The fraction of sp³-hybridized carbons (Fsp3) is 0.125. The van der Waals surface area contributed by atoms with Gasteiger partial charge in [-0.3, -0.25) is 14.6 Å². The molecule has 2 N–H and O–H groups in total. The molecular weight excluding hydrogens is 296 g/mol. The zero-order chi connectivity index (χ0) is 16.5. The molecule has 0 atom stereocenters. The van der Waals surface area contributed by atoms with Crippen LogP contribution in [0.2, 0.25) is 0 Å². The highest BCUT2D eigenvalue weighted by Gasteiger charge is 2.11.